The molecule has 18 heavy (non-hydrogen) atoms. The second-order valence-corrected chi connectivity index (χ2v) is 5.22. The summed E-state index contributed by atoms with van der Waals surface area (Å²) in [6.45, 7) is 4.14. The van der Waals surface area contributed by atoms with Gasteiger partial charge in [-0.2, -0.15) is 0 Å². The first-order valence-electron chi connectivity index (χ1n) is 5.29. The molecule has 0 aliphatic heterocycles. The third kappa shape index (κ3) is 3.67. The number of carboxylic acid groups (broad SMARTS) is 1. The number of aliphatic carboxylic acids is 1. The second-order valence-electron chi connectivity index (χ2n) is 3.50. The topological polar surface area (TPSA) is 101 Å². The van der Waals surface area contributed by atoms with E-state index in [1.807, 2.05) is 6.92 Å². The number of carbonyl (C=O) groups is 1. The van der Waals surface area contributed by atoms with Crippen molar-refractivity contribution in [3.8, 4) is 0 Å². The molecule has 0 amide bonds. The second kappa shape index (κ2) is 5.78. The molecule has 0 radical (unpaired) electrons. The average Bonchev–Trinajstić information content (AvgIpc) is 2.66. The summed E-state index contributed by atoms with van der Waals surface area (Å²) in [6, 6.07) is 0. The summed E-state index contributed by atoms with van der Waals surface area (Å²) in [7, 11) is -3.70. The zero-order valence-corrected chi connectivity index (χ0v) is 10.9. The van der Waals surface area contributed by atoms with E-state index in [2.05, 4.69) is 9.71 Å². The maximum atomic E-state index is 11.8. The molecular weight excluding hydrogens is 258 g/mol. The van der Waals surface area contributed by atoms with Gasteiger partial charge in [0.05, 0.1) is 0 Å². The zero-order chi connectivity index (χ0) is 13.8. The number of aromatic nitrogens is 2. The van der Waals surface area contributed by atoms with Gasteiger partial charge < -0.3 is 9.67 Å². The number of sulfonamides is 1. The van der Waals surface area contributed by atoms with E-state index in [4.69, 9.17) is 5.11 Å². The van der Waals surface area contributed by atoms with Crippen LogP contribution in [0.4, 0.5) is 0 Å². The van der Waals surface area contributed by atoms with Gasteiger partial charge in [-0.3, -0.25) is 0 Å². The number of aryl methyl sites for hydroxylation is 2. The normalized spacial score (nSPS) is 12.1. The van der Waals surface area contributed by atoms with Crippen LogP contribution >= 0.6 is 0 Å². The van der Waals surface area contributed by atoms with Crippen molar-refractivity contribution in [1.29, 1.82) is 0 Å². The SMILES string of the molecule is CCn1cc(S(=O)(=O)NC/C=C/C(=O)O)nc1C. The standard InChI is InChI=1S/C10H15N3O4S/c1-3-13-7-9(12-8(13)2)18(16,17)11-6-4-5-10(14)15/h4-5,7,11H,3,6H2,1-2H3,(H,14,15)/b5-4+. The number of nitrogens with one attached hydrogen (secondary N) is 1. The van der Waals surface area contributed by atoms with Gasteiger partial charge in [-0.1, -0.05) is 6.08 Å². The molecule has 1 aromatic rings. The van der Waals surface area contributed by atoms with E-state index in [-0.39, 0.29) is 11.6 Å². The van der Waals surface area contributed by atoms with Crippen LogP contribution in [-0.4, -0.2) is 35.6 Å². The molecule has 1 heterocycles. The average molecular weight is 273 g/mol. The summed E-state index contributed by atoms with van der Waals surface area (Å²) in [5.41, 5.74) is 0. The van der Waals surface area contributed by atoms with Gasteiger partial charge in [0.2, 0.25) is 0 Å². The maximum Gasteiger partial charge on any atom is 0.328 e. The molecule has 0 aliphatic rings. The number of hydrogen-bond acceptors (Lipinski definition) is 4. The van der Waals surface area contributed by atoms with Crippen LogP contribution < -0.4 is 4.72 Å². The number of imidazole rings is 1. The van der Waals surface area contributed by atoms with Crippen molar-refractivity contribution < 1.29 is 18.3 Å². The van der Waals surface area contributed by atoms with Crippen LogP contribution in [0.3, 0.4) is 0 Å². The lowest BCUT2D eigenvalue weighted by atomic mass is 10.5. The van der Waals surface area contributed by atoms with E-state index in [0.717, 1.165) is 6.08 Å². The van der Waals surface area contributed by atoms with Crippen LogP contribution in [0, 0.1) is 6.92 Å². The van der Waals surface area contributed by atoms with Gasteiger partial charge >= 0.3 is 5.97 Å². The lowest BCUT2D eigenvalue weighted by Crippen LogP contribution is -2.24. The largest absolute Gasteiger partial charge is 0.478 e. The van der Waals surface area contributed by atoms with E-state index < -0.39 is 16.0 Å². The molecule has 0 saturated heterocycles. The summed E-state index contributed by atoms with van der Waals surface area (Å²) >= 11 is 0. The first-order chi connectivity index (χ1) is 8.36. The molecular formula is C10H15N3O4S. The minimum atomic E-state index is -3.70. The van der Waals surface area contributed by atoms with Crippen molar-refractivity contribution in [2.75, 3.05) is 6.54 Å². The minimum absolute atomic E-state index is 0.0643. The van der Waals surface area contributed by atoms with Crippen LogP contribution in [0.15, 0.2) is 23.4 Å². The van der Waals surface area contributed by atoms with Crippen molar-refractivity contribution in [3.05, 3.63) is 24.2 Å². The Balaban J connectivity index is 2.77. The van der Waals surface area contributed by atoms with Gasteiger partial charge in [0.15, 0.2) is 5.03 Å². The summed E-state index contributed by atoms with van der Waals surface area (Å²) in [4.78, 5) is 14.1. The number of rotatable bonds is 6. The van der Waals surface area contributed by atoms with Gasteiger partial charge in [0.25, 0.3) is 10.0 Å². The molecule has 7 nitrogen and oxygen atoms in total. The monoisotopic (exact) mass is 273 g/mol. The fourth-order valence-corrected chi connectivity index (χ4v) is 2.30. The van der Waals surface area contributed by atoms with Crippen molar-refractivity contribution in [2.24, 2.45) is 0 Å². The van der Waals surface area contributed by atoms with Crippen molar-refractivity contribution in [2.45, 2.75) is 25.4 Å². The molecule has 0 aromatic carbocycles. The van der Waals surface area contributed by atoms with Crippen LogP contribution in [0.25, 0.3) is 0 Å². The molecule has 0 atom stereocenters. The van der Waals surface area contributed by atoms with Crippen LogP contribution in [0.1, 0.15) is 12.7 Å². The Morgan fingerprint density at radius 1 is 1.61 bits per heavy atom. The molecule has 0 spiro atoms. The lowest BCUT2D eigenvalue weighted by molar-refractivity contribution is -0.131. The minimum Gasteiger partial charge on any atom is -0.478 e. The molecule has 1 aromatic heterocycles. The maximum absolute atomic E-state index is 11.8. The highest BCUT2D eigenvalue weighted by molar-refractivity contribution is 7.89. The van der Waals surface area contributed by atoms with Crippen LogP contribution in [0.2, 0.25) is 0 Å². The van der Waals surface area contributed by atoms with Crippen molar-refractivity contribution >= 4 is 16.0 Å². The number of nitrogens with zero attached hydrogens (tertiary/aromatic N) is 2. The first kappa shape index (κ1) is 14.4. The number of hydrogen-bond donors (Lipinski definition) is 2. The Morgan fingerprint density at radius 3 is 2.78 bits per heavy atom. The van der Waals surface area contributed by atoms with E-state index >= 15 is 0 Å². The Kier molecular flexibility index (Phi) is 4.62. The summed E-state index contributed by atoms with van der Waals surface area (Å²) in [5.74, 6) is -0.515. The molecule has 2 N–H and O–H groups in total. The Hall–Kier alpha value is -1.67. The fourth-order valence-electron chi connectivity index (χ4n) is 1.32. The predicted octanol–water partition coefficient (Wildman–Crippen LogP) is 0.131. The molecule has 0 fully saturated rings. The summed E-state index contributed by atoms with van der Waals surface area (Å²) in [6.07, 6.45) is 3.53. The summed E-state index contributed by atoms with van der Waals surface area (Å²) in [5, 5.41) is 8.29. The molecule has 0 aliphatic carbocycles. The molecule has 0 unspecified atom stereocenters. The van der Waals surface area contributed by atoms with E-state index in [1.54, 1.807) is 11.5 Å². The zero-order valence-electron chi connectivity index (χ0n) is 10.1. The molecule has 100 valence electrons. The third-order valence-electron chi connectivity index (χ3n) is 2.22. The van der Waals surface area contributed by atoms with E-state index in [9.17, 15) is 13.2 Å². The predicted molar refractivity (Wildman–Crippen MR) is 64.6 cm³/mol. The molecule has 0 saturated carbocycles. The molecule has 8 heteroatoms. The highest BCUT2D eigenvalue weighted by Crippen LogP contribution is 2.08. The highest BCUT2D eigenvalue weighted by Gasteiger charge is 2.17. The quantitative estimate of drug-likeness (QED) is 0.717. The van der Waals surface area contributed by atoms with Crippen molar-refractivity contribution in [1.82, 2.24) is 14.3 Å². The van der Waals surface area contributed by atoms with Gasteiger partial charge in [-0.05, 0) is 13.8 Å². The Labute approximate surface area is 105 Å². The van der Waals surface area contributed by atoms with Gasteiger partial charge in [-0.15, -0.1) is 0 Å². The highest BCUT2D eigenvalue weighted by atomic mass is 32.2. The Bertz CT molecular complexity index is 560. The fraction of sp³-hybridized carbons (Fsp3) is 0.400. The molecule has 0 bridgehead atoms. The molecule has 1 rings (SSSR count). The van der Waals surface area contributed by atoms with Gasteiger partial charge in [-0.25, -0.2) is 22.9 Å². The van der Waals surface area contributed by atoms with Crippen LogP contribution in [0.5, 0.6) is 0 Å². The van der Waals surface area contributed by atoms with Crippen molar-refractivity contribution in [3.63, 3.8) is 0 Å². The van der Waals surface area contributed by atoms with E-state index in [1.165, 1.54) is 12.3 Å². The smallest absolute Gasteiger partial charge is 0.328 e. The summed E-state index contributed by atoms with van der Waals surface area (Å²) < 4.78 is 27.5. The van der Waals surface area contributed by atoms with Gasteiger partial charge in [0.1, 0.15) is 5.82 Å². The number of carboxylic acids is 1. The van der Waals surface area contributed by atoms with E-state index in [0.29, 0.717) is 12.4 Å². The third-order valence-corrected chi connectivity index (χ3v) is 3.52. The van der Waals surface area contributed by atoms with Gasteiger partial charge in [0, 0.05) is 25.4 Å². The van der Waals surface area contributed by atoms with Crippen LogP contribution in [-0.2, 0) is 21.4 Å². The lowest BCUT2D eigenvalue weighted by Gasteiger charge is -1.99. The first-order valence-corrected chi connectivity index (χ1v) is 6.78. The Morgan fingerprint density at radius 2 is 2.28 bits per heavy atom.